The second-order valence-electron chi connectivity index (χ2n) is 7.53. The van der Waals surface area contributed by atoms with Crippen LogP contribution >= 0.6 is 0 Å². The first-order chi connectivity index (χ1) is 11.8. The summed E-state index contributed by atoms with van der Waals surface area (Å²) in [5.41, 5.74) is 0.150. The van der Waals surface area contributed by atoms with Gasteiger partial charge in [-0.05, 0) is 62.1 Å². The van der Waals surface area contributed by atoms with Crippen LogP contribution in [0.25, 0.3) is 5.65 Å². The maximum absolute atomic E-state index is 12.2. The van der Waals surface area contributed by atoms with Gasteiger partial charge in [0.1, 0.15) is 5.60 Å². The summed E-state index contributed by atoms with van der Waals surface area (Å²) in [7, 11) is 1.79. The van der Waals surface area contributed by atoms with Crippen molar-refractivity contribution in [2.24, 2.45) is 5.92 Å². The molecule has 0 aliphatic carbocycles. The van der Waals surface area contributed by atoms with E-state index in [4.69, 9.17) is 4.74 Å². The van der Waals surface area contributed by atoms with E-state index in [-0.39, 0.29) is 6.09 Å². The monoisotopic (exact) mass is 347 g/mol. The Morgan fingerprint density at radius 2 is 2.20 bits per heavy atom. The molecule has 2 aromatic rings. The Morgan fingerprint density at radius 1 is 1.40 bits per heavy atom. The Labute approximate surface area is 146 Å². The molecule has 1 amide bonds. The number of fused-ring (bicyclic) bond motifs is 1. The molecular weight excluding hydrogens is 322 g/mol. The van der Waals surface area contributed by atoms with Gasteiger partial charge in [-0.15, -0.1) is 14.8 Å². The molecule has 1 fully saturated rings. The van der Waals surface area contributed by atoms with E-state index in [1.54, 1.807) is 11.9 Å². The largest absolute Gasteiger partial charge is 0.444 e. The summed E-state index contributed by atoms with van der Waals surface area (Å²) >= 11 is 0. The molecule has 9 nitrogen and oxygen atoms in total. The van der Waals surface area contributed by atoms with Gasteiger partial charge in [-0.1, -0.05) is 0 Å². The van der Waals surface area contributed by atoms with Crippen LogP contribution in [0, 0.1) is 5.92 Å². The van der Waals surface area contributed by atoms with E-state index in [1.165, 1.54) is 4.63 Å². The van der Waals surface area contributed by atoms with Crippen LogP contribution < -0.4 is 4.90 Å². The quantitative estimate of drug-likeness (QED) is 0.833. The van der Waals surface area contributed by atoms with Gasteiger partial charge in [0.2, 0.25) is 0 Å². The molecule has 3 rings (SSSR count). The van der Waals surface area contributed by atoms with Crippen molar-refractivity contribution in [3.8, 4) is 0 Å². The number of piperidine rings is 1. The van der Waals surface area contributed by atoms with Crippen molar-refractivity contribution in [1.82, 2.24) is 30.2 Å². The lowest BCUT2D eigenvalue weighted by Crippen LogP contribution is -2.43. The number of carbonyl (C=O) groups excluding carboxylic acids is 1. The van der Waals surface area contributed by atoms with E-state index in [0.717, 1.165) is 31.7 Å². The maximum atomic E-state index is 12.2. The number of carbonyl (C=O) groups is 1. The first kappa shape index (κ1) is 17.4. The first-order valence-corrected chi connectivity index (χ1v) is 8.56. The second kappa shape index (κ2) is 6.81. The van der Waals surface area contributed by atoms with Crippen LogP contribution in [0.3, 0.4) is 0 Å². The lowest BCUT2D eigenvalue weighted by molar-refractivity contribution is 0.0269. The molecule has 3 heterocycles. The average molecular weight is 347 g/mol. The highest BCUT2D eigenvalue weighted by Gasteiger charge is 2.26. The zero-order chi connectivity index (χ0) is 18.0. The van der Waals surface area contributed by atoms with E-state index in [0.29, 0.717) is 18.1 Å². The molecule has 1 aliphatic heterocycles. The molecule has 0 aromatic carbocycles. The van der Waals surface area contributed by atoms with Crippen LogP contribution in [0.4, 0.5) is 10.6 Å². The van der Waals surface area contributed by atoms with Gasteiger partial charge in [-0.2, -0.15) is 0 Å². The standard InChI is InChI=1S/C16H25N7O2/c1-16(2,3)25-15(24)21(4)10-12-6-5-9-22(11-12)14-8-7-13-17-19-20-23(13)18-14/h7-8,12H,5-6,9-11H2,1-4H3. The van der Waals surface area contributed by atoms with Gasteiger partial charge in [0.15, 0.2) is 11.5 Å². The molecule has 1 unspecified atom stereocenters. The number of ether oxygens (including phenoxy) is 1. The summed E-state index contributed by atoms with van der Waals surface area (Å²) in [6.07, 6.45) is 1.86. The molecule has 0 spiro atoms. The molecule has 136 valence electrons. The number of tetrazole rings is 1. The molecule has 1 saturated heterocycles. The lowest BCUT2D eigenvalue weighted by atomic mass is 9.97. The third-order valence-corrected chi connectivity index (χ3v) is 4.14. The first-order valence-electron chi connectivity index (χ1n) is 8.56. The number of hydrogen-bond acceptors (Lipinski definition) is 7. The molecular formula is C16H25N7O2. The van der Waals surface area contributed by atoms with Gasteiger partial charge in [0.05, 0.1) is 0 Å². The van der Waals surface area contributed by atoms with Crippen LogP contribution in [-0.2, 0) is 4.74 Å². The summed E-state index contributed by atoms with van der Waals surface area (Å²) < 4.78 is 6.86. The SMILES string of the molecule is CN(CC1CCCN(c2ccc3nnnn3n2)C1)C(=O)OC(C)(C)C. The number of amides is 1. The zero-order valence-electron chi connectivity index (χ0n) is 15.2. The van der Waals surface area contributed by atoms with Crippen molar-refractivity contribution in [3.63, 3.8) is 0 Å². The molecule has 0 saturated carbocycles. The summed E-state index contributed by atoms with van der Waals surface area (Å²) in [4.78, 5) is 16.0. The molecule has 9 heteroatoms. The fourth-order valence-electron chi connectivity index (χ4n) is 3.03. The Bertz CT molecular complexity index is 739. The normalized spacial score (nSPS) is 18.4. The highest BCUT2D eigenvalue weighted by Crippen LogP contribution is 2.22. The minimum atomic E-state index is -0.477. The van der Waals surface area contributed by atoms with Gasteiger partial charge >= 0.3 is 6.09 Å². The third kappa shape index (κ3) is 4.34. The van der Waals surface area contributed by atoms with Crippen molar-refractivity contribution < 1.29 is 9.53 Å². The molecule has 1 atom stereocenters. The Hall–Kier alpha value is -2.45. The van der Waals surface area contributed by atoms with Crippen LogP contribution in [0.2, 0.25) is 0 Å². The Balaban J connectivity index is 1.61. The van der Waals surface area contributed by atoms with Crippen LogP contribution in [0.15, 0.2) is 12.1 Å². The summed E-state index contributed by atoms with van der Waals surface area (Å²) in [6, 6.07) is 3.80. The minimum absolute atomic E-state index is 0.280. The topological polar surface area (TPSA) is 88.8 Å². The number of rotatable bonds is 3. The van der Waals surface area contributed by atoms with E-state index < -0.39 is 5.60 Å². The molecule has 0 radical (unpaired) electrons. The number of nitrogens with zero attached hydrogens (tertiary/aromatic N) is 7. The van der Waals surface area contributed by atoms with Crippen LogP contribution in [0.5, 0.6) is 0 Å². The van der Waals surface area contributed by atoms with E-state index >= 15 is 0 Å². The second-order valence-corrected chi connectivity index (χ2v) is 7.53. The number of anilines is 1. The van der Waals surface area contributed by atoms with Gasteiger partial charge < -0.3 is 14.5 Å². The zero-order valence-corrected chi connectivity index (χ0v) is 15.2. The van der Waals surface area contributed by atoms with Gasteiger partial charge in [0.25, 0.3) is 0 Å². The maximum Gasteiger partial charge on any atom is 0.410 e. The number of aromatic nitrogens is 5. The van der Waals surface area contributed by atoms with Crippen molar-refractivity contribution >= 4 is 17.6 Å². The highest BCUT2D eigenvalue weighted by atomic mass is 16.6. The molecule has 0 bridgehead atoms. The predicted molar refractivity (Wildman–Crippen MR) is 92.4 cm³/mol. The Kier molecular flexibility index (Phi) is 4.73. The van der Waals surface area contributed by atoms with Crippen LogP contribution in [-0.4, -0.2) is 68.5 Å². The number of hydrogen-bond donors (Lipinski definition) is 0. The minimum Gasteiger partial charge on any atom is -0.444 e. The summed E-state index contributed by atoms with van der Waals surface area (Å²) in [6.45, 7) is 8.07. The smallest absolute Gasteiger partial charge is 0.410 e. The Morgan fingerprint density at radius 3 is 2.96 bits per heavy atom. The fraction of sp³-hybridized carbons (Fsp3) is 0.688. The van der Waals surface area contributed by atoms with Gasteiger partial charge in [0, 0.05) is 26.7 Å². The van der Waals surface area contributed by atoms with E-state index in [2.05, 4.69) is 25.5 Å². The van der Waals surface area contributed by atoms with Crippen LogP contribution in [0.1, 0.15) is 33.6 Å². The average Bonchev–Trinajstić information content (AvgIpc) is 3.01. The predicted octanol–water partition coefficient (Wildman–Crippen LogP) is 1.60. The van der Waals surface area contributed by atoms with Crippen molar-refractivity contribution in [2.45, 2.75) is 39.2 Å². The molecule has 0 N–H and O–H groups in total. The van der Waals surface area contributed by atoms with Crippen molar-refractivity contribution in [3.05, 3.63) is 12.1 Å². The summed E-state index contributed by atoms with van der Waals surface area (Å²) in [5.74, 6) is 1.22. The lowest BCUT2D eigenvalue weighted by Gasteiger charge is -2.35. The molecule has 2 aromatic heterocycles. The van der Waals surface area contributed by atoms with E-state index in [9.17, 15) is 4.79 Å². The van der Waals surface area contributed by atoms with Gasteiger partial charge in [-0.25, -0.2) is 4.79 Å². The van der Waals surface area contributed by atoms with E-state index in [1.807, 2.05) is 32.9 Å². The molecule has 25 heavy (non-hydrogen) atoms. The van der Waals surface area contributed by atoms with Gasteiger partial charge in [-0.3, -0.25) is 0 Å². The molecule has 1 aliphatic rings. The summed E-state index contributed by atoms with van der Waals surface area (Å²) in [5, 5.41) is 15.8. The van der Waals surface area contributed by atoms with Crippen molar-refractivity contribution in [2.75, 3.05) is 31.6 Å². The van der Waals surface area contributed by atoms with Crippen molar-refractivity contribution in [1.29, 1.82) is 0 Å². The third-order valence-electron chi connectivity index (χ3n) is 4.14. The highest BCUT2D eigenvalue weighted by molar-refractivity contribution is 5.67. The fourth-order valence-corrected chi connectivity index (χ4v) is 3.03.